The van der Waals surface area contributed by atoms with Crippen LogP contribution in [0.2, 0.25) is 0 Å². The van der Waals surface area contributed by atoms with Crippen molar-refractivity contribution in [3.8, 4) is 5.75 Å². The summed E-state index contributed by atoms with van der Waals surface area (Å²) in [5.41, 5.74) is 1.29. The van der Waals surface area contributed by atoms with Crippen molar-refractivity contribution in [2.24, 2.45) is 5.92 Å². The van der Waals surface area contributed by atoms with E-state index in [0.29, 0.717) is 31.7 Å². The molecule has 132 valence electrons. The minimum atomic E-state index is -0.773. The number of amides is 1. The van der Waals surface area contributed by atoms with Crippen molar-refractivity contribution in [2.75, 3.05) is 13.1 Å². The number of carbonyl (C=O) groups is 2. The number of carboxylic acid groups (broad SMARTS) is 1. The summed E-state index contributed by atoms with van der Waals surface area (Å²) in [6.45, 7) is 9.14. The molecule has 5 heteroatoms. The summed E-state index contributed by atoms with van der Waals surface area (Å²) in [6.07, 6.45) is 0.439. The highest BCUT2D eigenvalue weighted by atomic mass is 16.5. The predicted molar refractivity (Wildman–Crippen MR) is 92.2 cm³/mol. The molecule has 1 amide bonds. The van der Waals surface area contributed by atoms with Crippen LogP contribution in [0.25, 0.3) is 0 Å². The van der Waals surface area contributed by atoms with Crippen molar-refractivity contribution >= 4 is 11.9 Å². The molecule has 1 heterocycles. The maximum Gasteiger partial charge on any atom is 0.306 e. The SMILES string of the molecule is C[C@H](Oc1ccc(C(C)(C)C)cc1)C(=O)N1CCC(C(=O)O)CC1. The normalized spacial score (nSPS) is 17.4. The van der Waals surface area contributed by atoms with Crippen LogP contribution < -0.4 is 4.74 Å². The molecule has 1 saturated heterocycles. The third-order valence-corrected chi connectivity index (χ3v) is 4.54. The molecule has 0 aromatic heterocycles. The van der Waals surface area contributed by atoms with E-state index in [2.05, 4.69) is 20.8 Å². The maximum atomic E-state index is 12.5. The first-order valence-electron chi connectivity index (χ1n) is 8.47. The molecule has 0 spiro atoms. The zero-order valence-electron chi connectivity index (χ0n) is 14.9. The predicted octanol–water partition coefficient (Wildman–Crippen LogP) is 3.07. The van der Waals surface area contributed by atoms with E-state index in [9.17, 15) is 9.59 Å². The van der Waals surface area contributed by atoms with Gasteiger partial charge in [0, 0.05) is 13.1 Å². The Hall–Kier alpha value is -2.04. The second-order valence-corrected chi connectivity index (χ2v) is 7.47. The van der Waals surface area contributed by atoms with Crippen molar-refractivity contribution in [1.82, 2.24) is 4.90 Å². The number of hydrogen-bond acceptors (Lipinski definition) is 3. The largest absolute Gasteiger partial charge is 0.481 e. The lowest BCUT2D eigenvalue weighted by Crippen LogP contribution is -2.45. The van der Waals surface area contributed by atoms with Crippen LogP contribution in [0.1, 0.15) is 46.1 Å². The van der Waals surface area contributed by atoms with E-state index in [-0.39, 0.29) is 17.2 Å². The highest BCUT2D eigenvalue weighted by Gasteiger charge is 2.29. The number of carboxylic acids is 1. The first-order chi connectivity index (χ1) is 11.2. The van der Waals surface area contributed by atoms with Gasteiger partial charge in [0.25, 0.3) is 5.91 Å². The molecule has 0 bridgehead atoms. The molecule has 0 radical (unpaired) electrons. The number of piperidine rings is 1. The number of likely N-dealkylation sites (tertiary alicyclic amines) is 1. The second-order valence-electron chi connectivity index (χ2n) is 7.47. The molecule has 1 aromatic carbocycles. The molecule has 5 nitrogen and oxygen atoms in total. The molecule has 24 heavy (non-hydrogen) atoms. The Kier molecular flexibility index (Phi) is 5.52. The van der Waals surface area contributed by atoms with Crippen molar-refractivity contribution in [2.45, 2.75) is 52.1 Å². The summed E-state index contributed by atoms with van der Waals surface area (Å²) in [5.74, 6) is -0.524. The third kappa shape index (κ3) is 4.49. The quantitative estimate of drug-likeness (QED) is 0.919. The topological polar surface area (TPSA) is 66.8 Å². The van der Waals surface area contributed by atoms with E-state index in [1.165, 1.54) is 5.56 Å². The lowest BCUT2D eigenvalue weighted by molar-refractivity contribution is -0.147. The Bertz CT molecular complexity index is 580. The van der Waals surface area contributed by atoms with E-state index >= 15 is 0 Å². The fraction of sp³-hybridized carbons (Fsp3) is 0.579. The maximum absolute atomic E-state index is 12.5. The first kappa shape index (κ1) is 18.3. The fourth-order valence-corrected chi connectivity index (χ4v) is 2.89. The summed E-state index contributed by atoms with van der Waals surface area (Å²) in [4.78, 5) is 25.1. The molecular formula is C19H27NO4. The number of benzene rings is 1. The van der Waals surface area contributed by atoms with Crippen molar-refractivity contribution in [1.29, 1.82) is 0 Å². The Morgan fingerprint density at radius 1 is 1.17 bits per heavy atom. The molecule has 1 fully saturated rings. The van der Waals surface area contributed by atoms with Gasteiger partial charge in [0.15, 0.2) is 6.10 Å². The van der Waals surface area contributed by atoms with Gasteiger partial charge in [-0.3, -0.25) is 9.59 Å². The molecule has 0 aliphatic carbocycles. The average molecular weight is 333 g/mol. The summed E-state index contributed by atoms with van der Waals surface area (Å²) >= 11 is 0. The van der Waals surface area contributed by atoms with Crippen LogP contribution in [0.3, 0.4) is 0 Å². The average Bonchev–Trinajstić information content (AvgIpc) is 2.54. The van der Waals surface area contributed by atoms with Gasteiger partial charge in [0.05, 0.1) is 5.92 Å². The lowest BCUT2D eigenvalue weighted by atomic mass is 9.87. The number of ether oxygens (including phenoxy) is 1. The summed E-state index contributed by atoms with van der Waals surface area (Å²) in [7, 11) is 0. The molecule has 1 aliphatic heterocycles. The molecular weight excluding hydrogens is 306 g/mol. The Labute approximate surface area is 143 Å². The van der Waals surface area contributed by atoms with Crippen LogP contribution >= 0.6 is 0 Å². The van der Waals surface area contributed by atoms with Crippen LogP contribution in [0, 0.1) is 5.92 Å². The van der Waals surface area contributed by atoms with Gasteiger partial charge < -0.3 is 14.7 Å². The number of rotatable bonds is 4. The van der Waals surface area contributed by atoms with Gasteiger partial charge in [-0.15, -0.1) is 0 Å². The summed E-state index contributed by atoms with van der Waals surface area (Å²) < 4.78 is 5.76. The minimum absolute atomic E-state index is 0.0778. The van der Waals surface area contributed by atoms with Crippen LogP contribution in [0.15, 0.2) is 24.3 Å². The first-order valence-corrected chi connectivity index (χ1v) is 8.47. The van der Waals surface area contributed by atoms with Crippen molar-refractivity contribution < 1.29 is 19.4 Å². The number of carbonyl (C=O) groups excluding carboxylic acids is 1. The van der Waals surface area contributed by atoms with Crippen molar-refractivity contribution in [3.63, 3.8) is 0 Å². The molecule has 1 atom stereocenters. The summed E-state index contributed by atoms with van der Waals surface area (Å²) in [5, 5.41) is 9.02. The van der Waals surface area contributed by atoms with E-state index in [1.54, 1.807) is 11.8 Å². The van der Waals surface area contributed by atoms with E-state index in [4.69, 9.17) is 9.84 Å². The zero-order chi connectivity index (χ0) is 17.9. The zero-order valence-corrected chi connectivity index (χ0v) is 14.9. The third-order valence-electron chi connectivity index (χ3n) is 4.54. The highest BCUT2D eigenvalue weighted by molar-refractivity contribution is 5.81. The van der Waals surface area contributed by atoms with E-state index < -0.39 is 12.1 Å². The van der Waals surface area contributed by atoms with E-state index in [1.807, 2.05) is 24.3 Å². The minimum Gasteiger partial charge on any atom is -0.481 e. The van der Waals surface area contributed by atoms with Crippen LogP contribution in [0.4, 0.5) is 0 Å². The standard InChI is InChI=1S/C19H27NO4/c1-13(17(21)20-11-9-14(10-12-20)18(22)23)24-16-7-5-15(6-8-16)19(2,3)4/h5-8,13-14H,9-12H2,1-4H3,(H,22,23)/t13-/m0/s1. The van der Waals surface area contributed by atoms with Gasteiger partial charge in [-0.1, -0.05) is 32.9 Å². The molecule has 1 aromatic rings. The fourth-order valence-electron chi connectivity index (χ4n) is 2.89. The molecule has 1 aliphatic rings. The van der Waals surface area contributed by atoms with Gasteiger partial charge >= 0.3 is 5.97 Å². The molecule has 0 unspecified atom stereocenters. The Morgan fingerprint density at radius 2 is 1.71 bits per heavy atom. The van der Waals surface area contributed by atoms with Crippen molar-refractivity contribution in [3.05, 3.63) is 29.8 Å². The van der Waals surface area contributed by atoms with Gasteiger partial charge in [-0.05, 0) is 42.9 Å². The second kappa shape index (κ2) is 7.24. The van der Waals surface area contributed by atoms with Crippen LogP contribution in [0.5, 0.6) is 5.75 Å². The lowest BCUT2D eigenvalue weighted by Gasteiger charge is -2.32. The van der Waals surface area contributed by atoms with Gasteiger partial charge in [-0.2, -0.15) is 0 Å². The number of aliphatic carboxylic acids is 1. The Balaban J connectivity index is 1.91. The van der Waals surface area contributed by atoms with Gasteiger partial charge in [0.1, 0.15) is 5.75 Å². The highest BCUT2D eigenvalue weighted by Crippen LogP contribution is 2.25. The summed E-state index contributed by atoms with van der Waals surface area (Å²) in [6, 6.07) is 7.82. The smallest absolute Gasteiger partial charge is 0.306 e. The van der Waals surface area contributed by atoms with Gasteiger partial charge in [-0.25, -0.2) is 0 Å². The Morgan fingerprint density at radius 3 is 2.17 bits per heavy atom. The molecule has 2 rings (SSSR count). The van der Waals surface area contributed by atoms with Gasteiger partial charge in [0.2, 0.25) is 0 Å². The van der Waals surface area contributed by atoms with E-state index in [0.717, 1.165) is 0 Å². The molecule has 0 saturated carbocycles. The number of nitrogens with zero attached hydrogens (tertiary/aromatic N) is 1. The number of hydrogen-bond donors (Lipinski definition) is 1. The van der Waals surface area contributed by atoms with Crippen LogP contribution in [-0.4, -0.2) is 41.1 Å². The monoisotopic (exact) mass is 333 g/mol. The van der Waals surface area contributed by atoms with Crippen LogP contribution in [-0.2, 0) is 15.0 Å². The molecule has 1 N–H and O–H groups in total.